The zero-order chi connectivity index (χ0) is 22.0. The number of carbonyl (C=O) groups is 1. The largest absolute Gasteiger partial charge is 0.321 e. The number of aromatic nitrogens is 3. The first-order valence-corrected chi connectivity index (χ1v) is 10.0. The van der Waals surface area contributed by atoms with E-state index in [2.05, 4.69) is 15.4 Å². The molecule has 0 radical (unpaired) electrons. The second-order valence-electron chi connectivity index (χ2n) is 6.68. The first-order valence-electron chi connectivity index (χ1n) is 9.26. The van der Waals surface area contributed by atoms with Gasteiger partial charge in [-0.2, -0.15) is 10.4 Å². The lowest BCUT2D eigenvalue weighted by molar-refractivity contribution is -0.112. The minimum atomic E-state index is -0.548. The number of benzene rings is 2. The highest BCUT2D eigenvalue weighted by atomic mass is 35.5. The Bertz CT molecular complexity index is 1360. The van der Waals surface area contributed by atoms with Crippen LogP contribution in [-0.4, -0.2) is 20.7 Å². The molecule has 152 valence electrons. The van der Waals surface area contributed by atoms with Crippen LogP contribution in [0.25, 0.3) is 22.7 Å². The predicted octanol–water partition coefficient (Wildman–Crippen LogP) is 5.58. The van der Waals surface area contributed by atoms with Crippen molar-refractivity contribution in [3.8, 4) is 11.8 Å². The molecular weight excluding hydrogens is 433 g/mol. The van der Waals surface area contributed by atoms with Gasteiger partial charge in [0, 0.05) is 22.2 Å². The van der Waals surface area contributed by atoms with Gasteiger partial charge in [0.15, 0.2) is 0 Å². The van der Waals surface area contributed by atoms with Gasteiger partial charge in [0.2, 0.25) is 0 Å². The third-order valence-electron chi connectivity index (χ3n) is 4.67. The molecule has 2 aromatic heterocycles. The van der Waals surface area contributed by atoms with Crippen molar-refractivity contribution < 1.29 is 4.79 Å². The molecule has 1 amide bonds. The van der Waals surface area contributed by atoms with E-state index in [-0.39, 0.29) is 10.7 Å². The number of nitrogens with zero attached hydrogens (tertiary/aromatic N) is 4. The minimum Gasteiger partial charge on any atom is -0.321 e. The molecule has 1 N–H and O–H groups in total. The van der Waals surface area contributed by atoms with Gasteiger partial charge < -0.3 is 5.32 Å². The molecule has 4 aromatic rings. The molecule has 0 atom stereocenters. The molecule has 31 heavy (non-hydrogen) atoms. The summed E-state index contributed by atoms with van der Waals surface area (Å²) in [6, 6.07) is 18.0. The van der Waals surface area contributed by atoms with Crippen LogP contribution in [0.2, 0.25) is 10.2 Å². The van der Waals surface area contributed by atoms with Crippen molar-refractivity contribution >= 4 is 51.8 Å². The van der Waals surface area contributed by atoms with Crippen molar-refractivity contribution in [1.82, 2.24) is 14.8 Å². The van der Waals surface area contributed by atoms with Crippen LogP contribution in [0.15, 0.2) is 66.4 Å². The van der Waals surface area contributed by atoms with Crippen LogP contribution >= 0.6 is 23.2 Å². The highest BCUT2D eigenvalue weighted by molar-refractivity contribution is 6.32. The summed E-state index contributed by atoms with van der Waals surface area (Å²) >= 11 is 12.5. The highest BCUT2D eigenvalue weighted by Gasteiger charge is 2.17. The lowest BCUT2D eigenvalue weighted by Gasteiger charge is -2.07. The van der Waals surface area contributed by atoms with Crippen LogP contribution in [0.3, 0.4) is 0 Å². The van der Waals surface area contributed by atoms with E-state index >= 15 is 0 Å². The lowest BCUT2D eigenvalue weighted by Crippen LogP contribution is -2.13. The number of aryl methyl sites for hydroxylation is 1. The zero-order valence-corrected chi connectivity index (χ0v) is 17.8. The molecule has 0 bridgehead atoms. The van der Waals surface area contributed by atoms with Crippen molar-refractivity contribution in [1.29, 1.82) is 5.26 Å². The second-order valence-corrected chi connectivity index (χ2v) is 7.47. The number of nitriles is 1. The molecule has 0 aliphatic heterocycles. The monoisotopic (exact) mass is 447 g/mol. The molecule has 8 heteroatoms. The lowest BCUT2D eigenvalue weighted by atomic mass is 10.1. The number of halogens is 2. The van der Waals surface area contributed by atoms with Crippen molar-refractivity contribution in [2.75, 3.05) is 5.32 Å². The molecule has 0 aliphatic carbocycles. The number of hydrogen-bond acceptors (Lipinski definition) is 4. The fraction of sp³-hybridized carbons (Fsp3) is 0.0435. The number of amides is 1. The van der Waals surface area contributed by atoms with E-state index in [4.69, 9.17) is 23.2 Å². The number of fused-ring (bicyclic) bond motifs is 1. The molecule has 2 heterocycles. The molecule has 0 saturated carbocycles. The van der Waals surface area contributed by atoms with Gasteiger partial charge in [-0.05, 0) is 61.5 Å². The van der Waals surface area contributed by atoms with E-state index in [1.807, 2.05) is 18.2 Å². The van der Waals surface area contributed by atoms with Crippen molar-refractivity contribution in [3.05, 3.63) is 87.8 Å². The Hall–Kier alpha value is -3.66. The van der Waals surface area contributed by atoms with Gasteiger partial charge in [-0.1, -0.05) is 29.3 Å². The third kappa shape index (κ3) is 4.15. The topological polar surface area (TPSA) is 83.6 Å². The van der Waals surface area contributed by atoms with Gasteiger partial charge in [-0.3, -0.25) is 9.78 Å². The standard InChI is InChI=1S/C23H15Cl2N5O/c1-14-19(22(25)30(29-14)17-9-7-16(24)8-10-17)12-15(13-26)23(31)28-21-6-2-5-20-18(21)4-3-11-27-20/h2-12H,1H3,(H,28,31)/b15-12+. The Kier molecular flexibility index (Phi) is 5.72. The molecule has 0 spiro atoms. The summed E-state index contributed by atoms with van der Waals surface area (Å²) in [7, 11) is 0. The summed E-state index contributed by atoms with van der Waals surface area (Å²) in [5, 5.41) is 18.5. The highest BCUT2D eigenvalue weighted by Crippen LogP contribution is 2.27. The van der Waals surface area contributed by atoms with E-state index in [1.165, 1.54) is 10.8 Å². The molecule has 4 rings (SSSR count). The summed E-state index contributed by atoms with van der Waals surface area (Å²) in [4.78, 5) is 17.1. The maximum absolute atomic E-state index is 12.8. The normalized spacial score (nSPS) is 11.4. The average Bonchev–Trinajstić information content (AvgIpc) is 3.06. The van der Waals surface area contributed by atoms with Crippen molar-refractivity contribution in [2.24, 2.45) is 0 Å². The quantitative estimate of drug-likeness (QED) is 0.326. The Morgan fingerprint density at radius 3 is 2.65 bits per heavy atom. The van der Waals surface area contributed by atoms with Gasteiger partial charge in [0.25, 0.3) is 5.91 Å². The van der Waals surface area contributed by atoms with Crippen LogP contribution < -0.4 is 5.32 Å². The predicted molar refractivity (Wildman–Crippen MR) is 122 cm³/mol. The number of rotatable bonds is 4. The average molecular weight is 448 g/mol. The van der Waals surface area contributed by atoms with Gasteiger partial charge >= 0.3 is 0 Å². The third-order valence-corrected chi connectivity index (χ3v) is 5.28. The summed E-state index contributed by atoms with van der Waals surface area (Å²) < 4.78 is 1.53. The molecule has 0 saturated heterocycles. The second kappa shape index (κ2) is 8.60. The van der Waals surface area contributed by atoms with E-state index in [9.17, 15) is 10.1 Å². The van der Waals surface area contributed by atoms with Crippen LogP contribution in [0.1, 0.15) is 11.3 Å². The van der Waals surface area contributed by atoms with E-state index in [0.717, 1.165) is 10.9 Å². The fourth-order valence-corrected chi connectivity index (χ4v) is 3.58. The number of hydrogen-bond donors (Lipinski definition) is 1. The minimum absolute atomic E-state index is 0.0958. The maximum Gasteiger partial charge on any atom is 0.266 e. The maximum atomic E-state index is 12.8. The summed E-state index contributed by atoms with van der Waals surface area (Å²) in [6.07, 6.45) is 3.12. The molecular formula is C23H15Cl2N5O. The Balaban J connectivity index is 1.68. The molecule has 0 aliphatic rings. The number of pyridine rings is 1. The van der Waals surface area contributed by atoms with E-state index in [0.29, 0.717) is 27.7 Å². The number of anilines is 1. The van der Waals surface area contributed by atoms with Crippen LogP contribution in [0.4, 0.5) is 5.69 Å². The first-order chi connectivity index (χ1) is 15.0. The Labute approximate surface area is 188 Å². The number of carbonyl (C=O) groups excluding carboxylic acids is 1. The van der Waals surface area contributed by atoms with E-state index in [1.54, 1.807) is 55.6 Å². The summed E-state index contributed by atoms with van der Waals surface area (Å²) in [5.74, 6) is -0.548. The van der Waals surface area contributed by atoms with Crippen LogP contribution in [0, 0.1) is 18.3 Å². The van der Waals surface area contributed by atoms with Crippen LogP contribution in [-0.2, 0) is 4.79 Å². The van der Waals surface area contributed by atoms with Gasteiger partial charge in [-0.25, -0.2) is 4.68 Å². The molecule has 0 unspecified atom stereocenters. The first kappa shape index (κ1) is 20.6. The van der Waals surface area contributed by atoms with Crippen LogP contribution in [0.5, 0.6) is 0 Å². The van der Waals surface area contributed by atoms with Crippen molar-refractivity contribution in [3.63, 3.8) is 0 Å². The summed E-state index contributed by atoms with van der Waals surface area (Å²) in [6.45, 7) is 1.76. The smallest absolute Gasteiger partial charge is 0.266 e. The Morgan fingerprint density at radius 2 is 1.90 bits per heavy atom. The zero-order valence-electron chi connectivity index (χ0n) is 16.3. The number of nitrogens with one attached hydrogen (secondary N) is 1. The molecule has 6 nitrogen and oxygen atoms in total. The molecule has 0 fully saturated rings. The van der Waals surface area contributed by atoms with Gasteiger partial charge in [-0.15, -0.1) is 0 Å². The Morgan fingerprint density at radius 1 is 1.13 bits per heavy atom. The molecule has 2 aromatic carbocycles. The van der Waals surface area contributed by atoms with E-state index < -0.39 is 5.91 Å². The summed E-state index contributed by atoms with van der Waals surface area (Å²) in [5.41, 5.74) is 2.99. The fourth-order valence-electron chi connectivity index (χ4n) is 3.12. The van der Waals surface area contributed by atoms with Gasteiger partial charge in [0.1, 0.15) is 16.8 Å². The van der Waals surface area contributed by atoms with Crippen molar-refractivity contribution in [2.45, 2.75) is 6.92 Å². The SMILES string of the molecule is Cc1nn(-c2ccc(Cl)cc2)c(Cl)c1/C=C(\C#N)C(=O)Nc1cccc2ncccc12. The van der Waals surface area contributed by atoms with Gasteiger partial charge in [0.05, 0.1) is 22.6 Å².